The summed E-state index contributed by atoms with van der Waals surface area (Å²) in [4.78, 5) is 24.3. The topological polar surface area (TPSA) is 54.4 Å². The Bertz CT molecular complexity index is 759. The van der Waals surface area contributed by atoms with Gasteiger partial charge in [-0.1, -0.05) is 31.6 Å². The van der Waals surface area contributed by atoms with E-state index in [1.807, 2.05) is 0 Å². The summed E-state index contributed by atoms with van der Waals surface area (Å²) >= 11 is 0. The predicted octanol–water partition coefficient (Wildman–Crippen LogP) is 3.78. The van der Waals surface area contributed by atoms with E-state index in [4.69, 9.17) is 0 Å². The average molecular weight is 567 g/mol. The van der Waals surface area contributed by atoms with Crippen molar-refractivity contribution < 1.29 is 58.8 Å². The number of ketones is 2. The molecule has 0 aliphatic heterocycles. The Morgan fingerprint density at radius 3 is 2.50 bits per heavy atom. The number of Topliss-reactive ketones (excluding diaryl/α,β-unsaturated/α-hetero) is 1. The maximum atomic E-state index is 12.4. The van der Waals surface area contributed by atoms with Crippen LogP contribution in [0.1, 0.15) is 53.4 Å². The van der Waals surface area contributed by atoms with E-state index in [0.29, 0.717) is 24.2 Å². The Morgan fingerprint density at radius 2 is 1.81 bits per heavy atom. The summed E-state index contributed by atoms with van der Waals surface area (Å²) in [5.41, 5.74) is 0.613. The zero-order chi connectivity index (χ0) is 18.2. The fourth-order valence-electron chi connectivity index (χ4n) is 6.37. The van der Waals surface area contributed by atoms with Gasteiger partial charge in [-0.15, -0.1) is 0 Å². The van der Waals surface area contributed by atoms with Gasteiger partial charge in [0.05, 0.1) is 0 Å². The SMILES string of the molecule is CC1=CC2C(CCC3(C)C2CCC(=O)[C@@]3(C)O)C2(C)C=CC(=O)C=C12.[Ac]. The number of fused-ring (bicyclic) bond motifs is 5. The second-order valence-electron chi connectivity index (χ2n) is 9.21. The Balaban J connectivity index is 0.00000196. The Hall–Kier alpha value is -0.0384. The molecule has 1 N–H and O–H groups in total. The van der Waals surface area contributed by atoms with Crippen LogP contribution in [0, 0.1) is 72.6 Å². The average Bonchev–Trinajstić information content (AvgIpc) is 2.54. The first-order valence-corrected chi connectivity index (χ1v) is 9.51. The minimum Gasteiger partial charge on any atom is -0.382 e. The first kappa shape index (κ1) is 20.7. The summed E-state index contributed by atoms with van der Waals surface area (Å²) in [7, 11) is 0. The summed E-state index contributed by atoms with van der Waals surface area (Å²) in [5.74, 6) is 1.15. The van der Waals surface area contributed by atoms with Gasteiger partial charge in [-0.2, -0.15) is 0 Å². The van der Waals surface area contributed by atoms with Crippen molar-refractivity contribution in [1.29, 1.82) is 0 Å². The third-order valence-electron chi connectivity index (χ3n) is 8.16. The van der Waals surface area contributed by atoms with Gasteiger partial charge in [-0.3, -0.25) is 9.59 Å². The zero-order valence-corrected chi connectivity index (χ0v) is 21.0. The smallest absolute Gasteiger partial charge is 0.178 e. The molecule has 0 saturated heterocycles. The Morgan fingerprint density at radius 1 is 1.12 bits per heavy atom. The summed E-state index contributed by atoms with van der Waals surface area (Å²) < 4.78 is 0. The molecule has 1 radical (unpaired) electrons. The molecule has 137 valence electrons. The Labute approximate surface area is 191 Å². The molecule has 0 aromatic heterocycles. The molecular formula is C22H28AcO3. The van der Waals surface area contributed by atoms with Crippen molar-refractivity contribution in [2.24, 2.45) is 28.6 Å². The van der Waals surface area contributed by atoms with E-state index in [9.17, 15) is 14.7 Å². The summed E-state index contributed by atoms with van der Waals surface area (Å²) in [6.07, 6.45) is 11.1. The number of allylic oxidation sites excluding steroid dienone is 6. The predicted molar refractivity (Wildman–Crippen MR) is 96.8 cm³/mol. The van der Waals surface area contributed by atoms with Crippen LogP contribution >= 0.6 is 0 Å². The van der Waals surface area contributed by atoms with E-state index in [2.05, 4.69) is 32.9 Å². The molecule has 0 aromatic carbocycles. The van der Waals surface area contributed by atoms with Crippen molar-refractivity contribution in [2.75, 3.05) is 0 Å². The van der Waals surface area contributed by atoms with Crippen LogP contribution in [-0.4, -0.2) is 22.3 Å². The van der Waals surface area contributed by atoms with Crippen LogP contribution in [0.15, 0.2) is 35.5 Å². The largest absolute Gasteiger partial charge is 0.382 e. The molecular weight excluding hydrogens is 539 g/mol. The van der Waals surface area contributed by atoms with Crippen LogP contribution in [0.25, 0.3) is 0 Å². The van der Waals surface area contributed by atoms with Gasteiger partial charge in [-0.05, 0) is 68.6 Å². The van der Waals surface area contributed by atoms with E-state index in [-0.39, 0.29) is 66.5 Å². The van der Waals surface area contributed by atoms with Gasteiger partial charge in [0, 0.05) is 61.3 Å². The van der Waals surface area contributed by atoms with Crippen molar-refractivity contribution in [3.05, 3.63) is 35.5 Å². The van der Waals surface area contributed by atoms with Gasteiger partial charge >= 0.3 is 0 Å². The van der Waals surface area contributed by atoms with Crippen LogP contribution in [0.4, 0.5) is 0 Å². The maximum absolute atomic E-state index is 12.4. The number of carbonyl (C=O) groups excluding carboxylic acids is 2. The van der Waals surface area contributed by atoms with Gasteiger partial charge in [0.25, 0.3) is 0 Å². The van der Waals surface area contributed by atoms with E-state index < -0.39 is 5.60 Å². The molecule has 2 fully saturated rings. The fourth-order valence-corrected chi connectivity index (χ4v) is 6.37. The minimum absolute atomic E-state index is 0. The molecule has 3 nitrogen and oxygen atoms in total. The summed E-state index contributed by atoms with van der Waals surface area (Å²) in [5, 5.41) is 11.0. The minimum atomic E-state index is -1.24. The van der Waals surface area contributed by atoms with Crippen molar-refractivity contribution in [1.82, 2.24) is 0 Å². The van der Waals surface area contributed by atoms with Crippen molar-refractivity contribution >= 4 is 11.6 Å². The number of hydrogen-bond donors (Lipinski definition) is 1. The molecule has 6 atom stereocenters. The quantitative estimate of drug-likeness (QED) is 0.485. The molecule has 0 spiro atoms. The first-order valence-electron chi connectivity index (χ1n) is 9.51. The zero-order valence-electron chi connectivity index (χ0n) is 16.2. The molecule has 2 saturated carbocycles. The van der Waals surface area contributed by atoms with Gasteiger partial charge in [0.2, 0.25) is 0 Å². The van der Waals surface area contributed by atoms with E-state index in [1.165, 1.54) is 5.57 Å². The number of aliphatic hydroxyl groups is 1. The van der Waals surface area contributed by atoms with E-state index >= 15 is 0 Å². The summed E-state index contributed by atoms with van der Waals surface area (Å²) in [6.45, 7) is 8.20. The second kappa shape index (κ2) is 6.50. The molecule has 4 aliphatic rings. The van der Waals surface area contributed by atoms with Crippen molar-refractivity contribution in [3.63, 3.8) is 0 Å². The monoisotopic (exact) mass is 567 g/mol. The van der Waals surface area contributed by atoms with Crippen molar-refractivity contribution in [2.45, 2.75) is 59.0 Å². The molecule has 4 rings (SSSR count). The maximum Gasteiger partial charge on any atom is 0.178 e. The van der Waals surface area contributed by atoms with Gasteiger partial charge < -0.3 is 5.11 Å². The normalized spacial score (nSPS) is 47.0. The van der Waals surface area contributed by atoms with E-state index in [1.54, 1.807) is 19.1 Å². The van der Waals surface area contributed by atoms with E-state index in [0.717, 1.165) is 24.8 Å². The summed E-state index contributed by atoms with van der Waals surface area (Å²) in [6, 6.07) is 0. The fraction of sp³-hybridized carbons (Fsp3) is 0.636. The Kier molecular flexibility index (Phi) is 5.17. The first-order chi connectivity index (χ1) is 11.6. The third-order valence-corrected chi connectivity index (χ3v) is 8.16. The van der Waals surface area contributed by atoms with Gasteiger partial charge in [0.15, 0.2) is 11.6 Å². The number of rotatable bonds is 0. The molecule has 4 heteroatoms. The standard InChI is InChI=1S/C22H28O3.Ac/c1-13-11-15-16(20(2)9-7-14(23)12-18(13)20)8-10-21(3)17(15)5-6-19(24)22(21,4)25;/h7,9,11-12,15-17,25H,5-6,8,10H2,1-4H3;/t15?,16?,17?,20?,21?,22-;/m1./s1. The van der Waals surface area contributed by atoms with Crippen molar-refractivity contribution in [3.8, 4) is 0 Å². The molecule has 0 heterocycles. The third kappa shape index (κ3) is 2.58. The molecule has 26 heavy (non-hydrogen) atoms. The van der Waals surface area contributed by atoms with Crippen LogP contribution < -0.4 is 0 Å². The second-order valence-corrected chi connectivity index (χ2v) is 9.21. The van der Waals surface area contributed by atoms with Gasteiger partial charge in [-0.25, -0.2) is 0 Å². The van der Waals surface area contributed by atoms with Crippen LogP contribution in [0.2, 0.25) is 0 Å². The van der Waals surface area contributed by atoms with Crippen LogP contribution in [0.3, 0.4) is 0 Å². The van der Waals surface area contributed by atoms with Crippen LogP contribution in [0.5, 0.6) is 0 Å². The molecule has 5 unspecified atom stereocenters. The van der Waals surface area contributed by atoms with Crippen LogP contribution in [-0.2, 0) is 9.59 Å². The number of carbonyl (C=O) groups is 2. The molecule has 0 amide bonds. The molecule has 0 bridgehead atoms. The number of hydrogen-bond acceptors (Lipinski definition) is 3. The molecule has 0 aromatic rings. The van der Waals surface area contributed by atoms with Gasteiger partial charge in [0.1, 0.15) is 5.60 Å². The molecule has 4 aliphatic carbocycles.